The number of carbonyl (C=O) groups is 3. The minimum atomic E-state index is -0.314. The van der Waals surface area contributed by atoms with Crippen molar-refractivity contribution in [1.82, 2.24) is 5.32 Å². The lowest BCUT2D eigenvalue weighted by atomic mass is 9.90. The first-order valence-electron chi connectivity index (χ1n) is 19.0. The Morgan fingerprint density at radius 1 is 0.854 bits per heavy atom. The fourth-order valence-corrected chi connectivity index (χ4v) is 6.12. The summed E-state index contributed by atoms with van der Waals surface area (Å²) in [5, 5.41) is 3.12. The van der Waals surface area contributed by atoms with Crippen LogP contribution in [0.15, 0.2) is 30.3 Å². The Morgan fingerprint density at radius 2 is 1.54 bits per heavy atom. The molecule has 1 saturated heterocycles. The summed E-state index contributed by atoms with van der Waals surface area (Å²) in [5.74, 6) is 1.24. The monoisotopic (exact) mass is 669 g/mol. The number of fused-ring (bicyclic) bond motifs is 1. The van der Waals surface area contributed by atoms with Crippen molar-refractivity contribution >= 4 is 23.9 Å². The van der Waals surface area contributed by atoms with Crippen molar-refractivity contribution in [2.75, 3.05) is 13.2 Å². The fraction of sp³-hybridized carbons (Fsp3) is 0.725. The van der Waals surface area contributed by atoms with Gasteiger partial charge >= 0.3 is 11.9 Å². The van der Waals surface area contributed by atoms with Gasteiger partial charge in [-0.15, -0.1) is 0 Å². The second kappa shape index (κ2) is 22.0. The molecule has 1 N–H and O–H groups in total. The number of esters is 2. The summed E-state index contributed by atoms with van der Waals surface area (Å²) in [5.41, 5.74) is 0.940. The molecule has 8 nitrogen and oxygen atoms in total. The van der Waals surface area contributed by atoms with Gasteiger partial charge in [0.05, 0.1) is 31.3 Å². The summed E-state index contributed by atoms with van der Waals surface area (Å²) < 4.78 is 22.1. The quantitative estimate of drug-likeness (QED) is 0.0723. The molecule has 4 rings (SSSR count). The molecule has 0 spiro atoms. The van der Waals surface area contributed by atoms with Crippen LogP contribution in [0.1, 0.15) is 136 Å². The molecule has 1 heterocycles. The molecular formula is C40H63NO7. The van der Waals surface area contributed by atoms with Crippen LogP contribution in [0.3, 0.4) is 0 Å². The zero-order valence-corrected chi connectivity index (χ0v) is 30.4. The van der Waals surface area contributed by atoms with Gasteiger partial charge in [-0.05, 0) is 93.9 Å². The van der Waals surface area contributed by atoms with E-state index in [1.54, 1.807) is 6.08 Å². The summed E-state index contributed by atoms with van der Waals surface area (Å²) in [6.45, 7) is 11.5. The number of benzene rings is 1. The normalized spacial score (nSPS) is 24.3. The number of hydrogen-bond donors (Lipinski definition) is 1. The van der Waals surface area contributed by atoms with Crippen LogP contribution < -0.4 is 10.1 Å². The van der Waals surface area contributed by atoms with E-state index in [0.717, 1.165) is 82.1 Å². The van der Waals surface area contributed by atoms with Crippen LogP contribution in [0.5, 0.6) is 5.75 Å². The molecule has 8 heteroatoms. The first kappa shape index (κ1) is 39.6. The minimum Gasteiger partial charge on any atom is -0.494 e. The summed E-state index contributed by atoms with van der Waals surface area (Å²) in [6, 6.07) is 7.98. The first-order chi connectivity index (χ1) is 23.2. The maximum atomic E-state index is 12.2. The standard InChI is InChI=1S/C28H43NO4.C12H20O3/c1-4-6-7-8-9-10-21-32-25-16-11-23(12-17-25)13-20-27(30)33-26-18-14-24(15-19-26)29-28(31)22(3)5-2;1-3-8(2)12(13)14-7-9-4-5-10-11(6-9)15-10/h11-13,16-17,20,22,24,26H,4-10,14-15,18-19,21H2,1-3H3,(H,29,31);8-11H,3-7H2,1-2H3/b20-13+;. The van der Waals surface area contributed by atoms with E-state index in [4.69, 9.17) is 18.9 Å². The molecule has 48 heavy (non-hydrogen) atoms. The lowest BCUT2D eigenvalue weighted by Crippen LogP contribution is -2.41. The molecule has 1 aliphatic heterocycles. The molecule has 2 saturated carbocycles. The second-order valence-electron chi connectivity index (χ2n) is 14.1. The van der Waals surface area contributed by atoms with E-state index in [-0.39, 0.29) is 41.8 Å². The number of rotatable bonds is 18. The van der Waals surface area contributed by atoms with Crippen molar-refractivity contribution in [2.45, 2.75) is 155 Å². The fourth-order valence-electron chi connectivity index (χ4n) is 6.12. The third-order valence-corrected chi connectivity index (χ3v) is 10.0. The van der Waals surface area contributed by atoms with Gasteiger partial charge in [0.1, 0.15) is 11.9 Å². The predicted molar refractivity (Wildman–Crippen MR) is 190 cm³/mol. The van der Waals surface area contributed by atoms with Crippen molar-refractivity contribution in [2.24, 2.45) is 17.8 Å². The zero-order chi connectivity index (χ0) is 34.7. The van der Waals surface area contributed by atoms with Crippen LogP contribution >= 0.6 is 0 Å². The van der Waals surface area contributed by atoms with Crippen LogP contribution in [-0.2, 0) is 28.6 Å². The highest BCUT2D eigenvalue weighted by Gasteiger charge is 2.44. The van der Waals surface area contributed by atoms with Gasteiger partial charge < -0.3 is 24.3 Å². The number of hydrogen-bond acceptors (Lipinski definition) is 7. The van der Waals surface area contributed by atoms with Crippen LogP contribution in [0, 0.1) is 17.8 Å². The number of unbranched alkanes of at least 4 members (excludes halogenated alkanes) is 5. The van der Waals surface area contributed by atoms with Gasteiger partial charge in [-0.25, -0.2) is 4.79 Å². The van der Waals surface area contributed by atoms with Crippen molar-refractivity contribution in [3.8, 4) is 5.75 Å². The summed E-state index contributed by atoms with van der Waals surface area (Å²) in [6.07, 6.45) is 20.1. The molecule has 270 valence electrons. The number of nitrogens with one attached hydrogen (secondary N) is 1. The number of amides is 1. The van der Waals surface area contributed by atoms with E-state index >= 15 is 0 Å². The number of epoxide rings is 1. The average molecular weight is 670 g/mol. The molecule has 5 atom stereocenters. The zero-order valence-electron chi connectivity index (χ0n) is 30.4. The first-order valence-corrected chi connectivity index (χ1v) is 19.0. The maximum Gasteiger partial charge on any atom is 0.331 e. The van der Waals surface area contributed by atoms with Crippen LogP contribution in [0.25, 0.3) is 6.08 Å². The van der Waals surface area contributed by atoms with Gasteiger partial charge in [0.25, 0.3) is 0 Å². The van der Waals surface area contributed by atoms with Gasteiger partial charge in [0, 0.05) is 18.0 Å². The van der Waals surface area contributed by atoms with Crippen molar-refractivity contribution < 1.29 is 33.3 Å². The van der Waals surface area contributed by atoms with E-state index < -0.39 is 0 Å². The lowest BCUT2D eigenvalue weighted by molar-refractivity contribution is -0.149. The molecule has 0 bridgehead atoms. The highest BCUT2D eigenvalue weighted by molar-refractivity contribution is 5.87. The van der Waals surface area contributed by atoms with E-state index in [9.17, 15) is 14.4 Å². The molecule has 3 fully saturated rings. The molecule has 3 aliphatic rings. The van der Waals surface area contributed by atoms with E-state index in [1.165, 1.54) is 38.2 Å². The van der Waals surface area contributed by atoms with Gasteiger partial charge in [0.15, 0.2) is 0 Å². The Balaban J connectivity index is 0.000000344. The average Bonchev–Trinajstić information content (AvgIpc) is 3.89. The molecular weight excluding hydrogens is 606 g/mol. The predicted octanol–water partition coefficient (Wildman–Crippen LogP) is 8.60. The number of ether oxygens (including phenoxy) is 4. The molecule has 1 amide bonds. The van der Waals surface area contributed by atoms with Crippen LogP contribution in [0.4, 0.5) is 0 Å². The molecule has 0 aromatic heterocycles. The summed E-state index contributed by atoms with van der Waals surface area (Å²) >= 11 is 0. The Kier molecular flexibility index (Phi) is 18.1. The van der Waals surface area contributed by atoms with Gasteiger partial charge in [-0.3, -0.25) is 9.59 Å². The van der Waals surface area contributed by atoms with Gasteiger partial charge in [-0.1, -0.05) is 78.9 Å². The lowest BCUT2D eigenvalue weighted by Gasteiger charge is -2.29. The molecule has 1 aromatic rings. The Labute approximate surface area is 290 Å². The highest BCUT2D eigenvalue weighted by atomic mass is 16.6. The molecule has 2 aliphatic carbocycles. The molecule has 0 radical (unpaired) electrons. The summed E-state index contributed by atoms with van der Waals surface area (Å²) in [7, 11) is 0. The third-order valence-electron chi connectivity index (χ3n) is 10.0. The molecule has 1 aromatic carbocycles. The Bertz CT molecular complexity index is 1110. The largest absolute Gasteiger partial charge is 0.494 e. The molecule has 5 unspecified atom stereocenters. The second-order valence-corrected chi connectivity index (χ2v) is 14.1. The van der Waals surface area contributed by atoms with Gasteiger partial charge in [-0.2, -0.15) is 0 Å². The topological polar surface area (TPSA) is 103 Å². The Morgan fingerprint density at radius 3 is 2.21 bits per heavy atom. The Hall–Kier alpha value is -2.87. The van der Waals surface area contributed by atoms with Crippen LogP contribution in [0.2, 0.25) is 0 Å². The van der Waals surface area contributed by atoms with Crippen molar-refractivity contribution in [3.63, 3.8) is 0 Å². The number of carbonyl (C=O) groups excluding carboxylic acids is 3. The SMILES string of the molecule is CCC(C)C(=O)OCC1CCC2OC2C1.CCCCCCCCOc1ccc(/C=C/C(=O)OC2CCC(NC(=O)C(C)CC)CC2)cc1. The summed E-state index contributed by atoms with van der Waals surface area (Å²) in [4.78, 5) is 35.7. The smallest absolute Gasteiger partial charge is 0.331 e. The third kappa shape index (κ3) is 15.1. The van der Waals surface area contributed by atoms with E-state index in [2.05, 4.69) is 12.2 Å². The minimum absolute atomic E-state index is 0.0403. The maximum absolute atomic E-state index is 12.2. The highest BCUT2D eigenvalue weighted by Crippen LogP contribution is 2.39. The van der Waals surface area contributed by atoms with Gasteiger partial charge in [0.2, 0.25) is 5.91 Å². The van der Waals surface area contributed by atoms with Crippen molar-refractivity contribution in [3.05, 3.63) is 35.9 Å². The van der Waals surface area contributed by atoms with E-state index in [1.807, 2.05) is 52.0 Å². The van der Waals surface area contributed by atoms with Crippen LogP contribution in [-0.4, -0.2) is 55.4 Å². The van der Waals surface area contributed by atoms with Crippen molar-refractivity contribution in [1.29, 1.82) is 0 Å². The van der Waals surface area contributed by atoms with E-state index in [0.29, 0.717) is 24.7 Å².